The maximum Gasteiger partial charge on any atom is 0.239 e. The molecular weight excluding hydrogens is 342 g/mol. The van der Waals surface area contributed by atoms with E-state index < -0.39 is 0 Å². The Kier molecular flexibility index (Phi) is 4.71. The van der Waals surface area contributed by atoms with Crippen LogP contribution in [0.1, 0.15) is 25.3 Å². The van der Waals surface area contributed by atoms with E-state index in [1.807, 2.05) is 24.3 Å². The lowest BCUT2D eigenvalue weighted by molar-refractivity contribution is -0.118. The quantitative estimate of drug-likeness (QED) is 0.415. The van der Waals surface area contributed by atoms with E-state index in [0.29, 0.717) is 5.17 Å². The SMILES string of the molecule is CCC[C@H]1SC(=NN=Cc2c3ccccc3cc3ccccc23)NC1=O. The minimum absolute atomic E-state index is 0.0291. The van der Waals surface area contributed by atoms with Gasteiger partial charge in [0.25, 0.3) is 0 Å². The van der Waals surface area contributed by atoms with E-state index in [9.17, 15) is 4.79 Å². The third-order valence-corrected chi connectivity index (χ3v) is 5.62. The van der Waals surface area contributed by atoms with Crippen LogP contribution >= 0.6 is 11.8 Å². The molecular formula is C21H19N3OS. The van der Waals surface area contributed by atoms with Crippen LogP contribution in [0.15, 0.2) is 64.8 Å². The van der Waals surface area contributed by atoms with Gasteiger partial charge in [0.1, 0.15) is 0 Å². The Hall–Kier alpha value is -2.66. The molecule has 1 aliphatic rings. The highest BCUT2D eigenvalue weighted by atomic mass is 32.2. The molecule has 4 rings (SSSR count). The predicted molar refractivity (Wildman–Crippen MR) is 111 cm³/mol. The third kappa shape index (κ3) is 3.22. The molecule has 0 aromatic heterocycles. The maximum absolute atomic E-state index is 11.9. The van der Waals surface area contributed by atoms with E-state index in [-0.39, 0.29) is 11.2 Å². The number of benzene rings is 3. The summed E-state index contributed by atoms with van der Waals surface area (Å²) >= 11 is 1.46. The van der Waals surface area contributed by atoms with Crippen LogP contribution in [0.2, 0.25) is 0 Å². The van der Waals surface area contributed by atoms with Gasteiger partial charge in [0.15, 0.2) is 5.17 Å². The Morgan fingerprint density at radius 2 is 1.73 bits per heavy atom. The first-order valence-corrected chi connectivity index (χ1v) is 9.63. The normalized spacial score (nSPS) is 19.0. The molecule has 4 nitrogen and oxygen atoms in total. The molecule has 0 aliphatic carbocycles. The predicted octanol–water partition coefficient (Wildman–Crippen LogP) is 4.71. The molecule has 3 aromatic rings. The lowest BCUT2D eigenvalue weighted by Crippen LogP contribution is -2.24. The molecule has 1 heterocycles. The lowest BCUT2D eigenvalue weighted by Gasteiger charge is -2.07. The Bertz CT molecular complexity index is 988. The van der Waals surface area contributed by atoms with E-state index in [1.165, 1.54) is 22.5 Å². The van der Waals surface area contributed by atoms with Crippen LogP contribution in [0, 0.1) is 0 Å². The summed E-state index contributed by atoms with van der Waals surface area (Å²) < 4.78 is 0. The van der Waals surface area contributed by atoms with E-state index in [1.54, 1.807) is 6.21 Å². The van der Waals surface area contributed by atoms with Gasteiger partial charge in [-0.3, -0.25) is 4.79 Å². The van der Waals surface area contributed by atoms with Crippen molar-refractivity contribution in [3.8, 4) is 0 Å². The zero-order valence-corrected chi connectivity index (χ0v) is 15.3. The van der Waals surface area contributed by atoms with Crippen LogP contribution in [0.3, 0.4) is 0 Å². The highest BCUT2D eigenvalue weighted by Gasteiger charge is 2.29. The molecule has 1 amide bonds. The number of amides is 1. The molecule has 3 aromatic carbocycles. The Morgan fingerprint density at radius 3 is 2.38 bits per heavy atom. The summed E-state index contributed by atoms with van der Waals surface area (Å²) in [6, 6.07) is 18.7. The average molecular weight is 361 g/mol. The molecule has 1 N–H and O–H groups in total. The van der Waals surface area contributed by atoms with Crippen LogP contribution < -0.4 is 5.32 Å². The molecule has 1 aliphatic heterocycles. The fraction of sp³-hybridized carbons (Fsp3) is 0.190. The summed E-state index contributed by atoms with van der Waals surface area (Å²) in [6.07, 6.45) is 3.62. The number of carbonyl (C=O) groups excluding carboxylic acids is 1. The Labute approximate surface area is 156 Å². The molecule has 0 radical (unpaired) electrons. The Morgan fingerprint density at radius 1 is 1.08 bits per heavy atom. The average Bonchev–Trinajstić information content (AvgIpc) is 3.01. The van der Waals surface area contributed by atoms with E-state index in [2.05, 4.69) is 52.8 Å². The largest absolute Gasteiger partial charge is 0.303 e. The fourth-order valence-corrected chi connectivity index (χ4v) is 4.27. The van der Waals surface area contributed by atoms with Crippen molar-refractivity contribution in [2.24, 2.45) is 10.2 Å². The molecule has 0 bridgehead atoms. The third-order valence-electron chi connectivity index (χ3n) is 4.48. The standard InChI is InChI=1S/C21H19N3OS/c1-2-7-19-20(25)23-21(26-19)24-22-13-18-16-10-5-3-8-14(16)12-15-9-4-6-11-17(15)18/h3-6,8-13,19H,2,7H2,1H3,(H,23,24,25)/t19-/m1/s1. The van der Waals surface area contributed by atoms with Crippen molar-refractivity contribution >= 4 is 50.6 Å². The Balaban J connectivity index is 1.71. The summed E-state index contributed by atoms with van der Waals surface area (Å²) in [7, 11) is 0. The molecule has 26 heavy (non-hydrogen) atoms. The first kappa shape index (κ1) is 16.8. The van der Waals surface area contributed by atoms with Gasteiger partial charge < -0.3 is 5.32 Å². The van der Waals surface area contributed by atoms with Gasteiger partial charge in [-0.15, -0.1) is 5.10 Å². The van der Waals surface area contributed by atoms with E-state index >= 15 is 0 Å². The van der Waals surface area contributed by atoms with Crippen molar-refractivity contribution in [3.05, 3.63) is 60.2 Å². The number of nitrogens with zero attached hydrogens (tertiary/aromatic N) is 2. The van der Waals surface area contributed by atoms with Crippen LogP contribution in [0.5, 0.6) is 0 Å². The zero-order chi connectivity index (χ0) is 17.9. The van der Waals surface area contributed by atoms with Crippen molar-refractivity contribution in [1.82, 2.24) is 5.32 Å². The topological polar surface area (TPSA) is 53.8 Å². The second-order valence-electron chi connectivity index (χ2n) is 6.27. The first-order valence-electron chi connectivity index (χ1n) is 8.75. The van der Waals surface area contributed by atoms with Gasteiger partial charge in [-0.1, -0.05) is 73.6 Å². The number of nitrogens with one attached hydrogen (secondary N) is 1. The molecule has 1 fully saturated rings. The number of fused-ring (bicyclic) bond motifs is 2. The van der Waals surface area contributed by atoms with Crippen molar-refractivity contribution in [1.29, 1.82) is 0 Å². The summed E-state index contributed by atoms with van der Waals surface area (Å²) in [4.78, 5) is 11.9. The lowest BCUT2D eigenvalue weighted by atomic mass is 9.97. The van der Waals surface area contributed by atoms with Gasteiger partial charge in [0, 0.05) is 5.56 Å². The van der Waals surface area contributed by atoms with Crippen molar-refractivity contribution in [2.75, 3.05) is 0 Å². The van der Waals surface area contributed by atoms with Crippen molar-refractivity contribution in [2.45, 2.75) is 25.0 Å². The van der Waals surface area contributed by atoms with E-state index in [4.69, 9.17) is 0 Å². The number of rotatable bonds is 4. The van der Waals surface area contributed by atoms with Crippen LogP contribution in [0.25, 0.3) is 21.5 Å². The van der Waals surface area contributed by atoms with Gasteiger partial charge in [0.05, 0.1) is 11.5 Å². The molecule has 1 saturated heterocycles. The smallest absolute Gasteiger partial charge is 0.239 e. The number of hydrogen-bond acceptors (Lipinski definition) is 4. The first-order chi connectivity index (χ1) is 12.8. The van der Waals surface area contributed by atoms with Gasteiger partial charge in [-0.2, -0.15) is 5.10 Å². The second kappa shape index (κ2) is 7.30. The van der Waals surface area contributed by atoms with Gasteiger partial charge in [-0.25, -0.2) is 0 Å². The molecule has 130 valence electrons. The summed E-state index contributed by atoms with van der Waals surface area (Å²) in [6.45, 7) is 2.08. The minimum Gasteiger partial charge on any atom is -0.303 e. The van der Waals surface area contributed by atoms with Crippen LogP contribution in [0.4, 0.5) is 0 Å². The van der Waals surface area contributed by atoms with Crippen LogP contribution in [-0.2, 0) is 4.79 Å². The van der Waals surface area contributed by atoms with E-state index in [0.717, 1.165) is 29.2 Å². The number of amidine groups is 1. The highest BCUT2D eigenvalue weighted by molar-refractivity contribution is 8.15. The number of thioether (sulfide) groups is 1. The summed E-state index contributed by atoms with van der Waals surface area (Å²) in [5.74, 6) is 0.0291. The maximum atomic E-state index is 11.9. The molecule has 1 atom stereocenters. The summed E-state index contributed by atoms with van der Waals surface area (Å²) in [5, 5.41) is 16.5. The fourth-order valence-electron chi connectivity index (χ4n) is 3.23. The number of hydrogen-bond donors (Lipinski definition) is 1. The zero-order valence-electron chi connectivity index (χ0n) is 14.5. The van der Waals surface area contributed by atoms with Gasteiger partial charge in [-0.05, 0) is 34.0 Å². The van der Waals surface area contributed by atoms with Crippen molar-refractivity contribution < 1.29 is 4.79 Å². The van der Waals surface area contributed by atoms with Crippen LogP contribution in [-0.4, -0.2) is 22.5 Å². The monoisotopic (exact) mass is 361 g/mol. The molecule has 5 heteroatoms. The number of carbonyl (C=O) groups is 1. The molecule has 0 saturated carbocycles. The highest BCUT2D eigenvalue weighted by Crippen LogP contribution is 2.27. The summed E-state index contributed by atoms with van der Waals surface area (Å²) in [5.41, 5.74) is 1.04. The van der Waals surface area contributed by atoms with Gasteiger partial charge >= 0.3 is 0 Å². The molecule has 0 spiro atoms. The minimum atomic E-state index is -0.0488. The van der Waals surface area contributed by atoms with Crippen molar-refractivity contribution in [3.63, 3.8) is 0 Å². The second-order valence-corrected chi connectivity index (χ2v) is 7.46. The molecule has 0 unspecified atom stereocenters. The van der Waals surface area contributed by atoms with Gasteiger partial charge in [0.2, 0.25) is 5.91 Å².